The summed E-state index contributed by atoms with van der Waals surface area (Å²) >= 11 is 0. The fraction of sp³-hybridized carbons (Fsp3) is 1.00. The molecule has 0 aromatic rings. The van der Waals surface area contributed by atoms with Crippen LogP contribution < -0.4 is 0 Å². The molecule has 1 nitrogen and oxygen atoms in total. The topological polar surface area (TPSA) is 9.23 Å². The van der Waals surface area contributed by atoms with Crippen LogP contribution in [0, 0.1) is 5.92 Å². The van der Waals surface area contributed by atoms with Gasteiger partial charge < -0.3 is 4.74 Å². The number of hydrogen-bond donors (Lipinski definition) is 0. The largest absolute Gasteiger partial charge is 0.348 e. The van der Waals surface area contributed by atoms with Gasteiger partial charge in [0.2, 0.25) is 6.36 Å². The Hall–Kier alpha value is -0.180. The van der Waals surface area contributed by atoms with Crippen LogP contribution in [0.1, 0.15) is 20.3 Å². The van der Waals surface area contributed by atoms with Gasteiger partial charge in [0.25, 0.3) is 0 Å². The SMILES string of the molecule is CCOC(F)C(CC)CF. The highest BCUT2D eigenvalue weighted by atomic mass is 19.2. The van der Waals surface area contributed by atoms with E-state index in [-0.39, 0.29) is 0 Å². The van der Waals surface area contributed by atoms with Crippen LogP contribution in [0.4, 0.5) is 8.78 Å². The standard InChI is InChI=1S/C7H14F2O/c1-3-6(5-8)7(9)10-4-2/h6-7H,3-5H2,1-2H3. The molecule has 0 radical (unpaired) electrons. The van der Waals surface area contributed by atoms with Crippen LogP contribution in [-0.2, 0) is 4.74 Å². The van der Waals surface area contributed by atoms with Gasteiger partial charge in [-0.15, -0.1) is 0 Å². The van der Waals surface area contributed by atoms with Gasteiger partial charge in [-0.3, -0.25) is 4.39 Å². The zero-order valence-corrected chi connectivity index (χ0v) is 6.44. The van der Waals surface area contributed by atoms with Crippen molar-refractivity contribution in [3.63, 3.8) is 0 Å². The number of rotatable bonds is 5. The molecule has 0 amide bonds. The van der Waals surface area contributed by atoms with Crippen LogP contribution in [-0.4, -0.2) is 19.6 Å². The number of halogens is 2. The van der Waals surface area contributed by atoms with Gasteiger partial charge in [-0.05, 0) is 13.3 Å². The van der Waals surface area contributed by atoms with Crippen LogP contribution in [0.5, 0.6) is 0 Å². The maximum Gasteiger partial charge on any atom is 0.204 e. The molecule has 0 aliphatic carbocycles. The molecule has 0 bridgehead atoms. The van der Waals surface area contributed by atoms with E-state index in [2.05, 4.69) is 4.74 Å². The van der Waals surface area contributed by atoms with Crippen molar-refractivity contribution in [2.75, 3.05) is 13.3 Å². The number of alkyl halides is 2. The van der Waals surface area contributed by atoms with E-state index in [9.17, 15) is 8.78 Å². The molecule has 0 saturated carbocycles. The van der Waals surface area contributed by atoms with Crippen LogP contribution in [0.15, 0.2) is 0 Å². The molecule has 0 aliphatic heterocycles. The van der Waals surface area contributed by atoms with Crippen molar-refractivity contribution >= 4 is 0 Å². The summed E-state index contributed by atoms with van der Waals surface area (Å²) in [5, 5.41) is 0. The average molecular weight is 152 g/mol. The Bertz CT molecular complexity index is 74.0. The van der Waals surface area contributed by atoms with Crippen molar-refractivity contribution in [3.05, 3.63) is 0 Å². The van der Waals surface area contributed by atoms with E-state index in [0.717, 1.165) is 0 Å². The van der Waals surface area contributed by atoms with Gasteiger partial charge in [0.05, 0.1) is 6.67 Å². The second-order valence-corrected chi connectivity index (χ2v) is 2.13. The van der Waals surface area contributed by atoms with E-state index in [0.29, 0.717) is 13.0 Å². The molecule has 3 heteroatoms. The Morgan fingerprint density at radius 2 is 2.00 bits per heavy atom. The quantitative estimate of drug-likeness (QED) is 0.587. The Kier molecular flexibility index (Phi) is 5.49. The third-order valence-corrected chi connectivity index (χ3v) is 1.42. The predicted octanol–water partition coefficient (Wildman–Crippen LogP) is 2.31. The van der Waals surface area contributed by atoms with Gasteiger partial charge in [-0.2, -0.15) is 0 Å². The second kappa shape index (κ2) is 5.59. The maximum absolute atomic E-state index is 12.6. The summed E-state index contributed by atoms with van der Waals surface area (Å²) in [5.74, 6) is -0.583. The van der Waals surface area contributed by atoms with Gasteiger partial charge in [-0.1, -0.05) is 6.92 Å². The first-order chi connectivity index (χ1) is 4.76. The first-order valence-corrected chi connectivity index (χ1v) is 3.57. The van der Waals surface area contributed by atoms with Crippen molar-refractivity contribution in [2.24, 2.45) is 5.92 Å². The smallest absolute Gasteiger partial charge is 0.204 e. The van der Waals surface area contributed by atoms with Crippen LogP contribution in [0.25, 0.3) is 0 Å². The summed E-state index contributed by atoms with van der Waals surface area (Å²) in [4.78, 5) is 0. The van der Waals surface area contributed by atoms with Gasteiger partial charge in [0.1, 0.15) is 0 Å². The van der Waals surface area contributed by atoms with Crippen molar-refractivity contribution in [2.45, 2.75) is 26.6 Å². The van der Waals surface area contributed by atoms with E-state index < -0.39 is 19.0 Å². The minimum absolute atomic E-state index is 0.303. The third-order valence-electron chi connectivity index (χ3n) is 1.42. The fourth-order valence-corrected chi connectivity index (χ4v) is 0.660. The lowest BCUT2D eigenvalue weighted by Crippen LogP contribution is -2.20. The first-order valence-electron chi connectivity index (χ1n) is 3.57. The average Bonchev–Trinajstić information content (AvgIpc) is 1.91. The normalized spacial score (nSPS) is 16.8. The lowest BCUT2D eigenvalue weighted by molar-refractivity contribution is -0.0779. The van der Waals surface area contributed by atoms with E-state index in [1.54, 1.807) is 13.8 Å². The molecule has 0 aromatic carbocycles. The van der Waals surface area contributed by atoms with Crippen molar-refractivity contribution in [3.8, 4) is 0 Å². The van der Waals surface area contributed by atoms with E-state index in [4.69, 9.17) is 0 Å². The second-order valence-electron chi connectivity index (χ2n) is 2.13. The van der Waals surface area contributed by atoms with Crippen molar-refractivity contribution in [1.29, 1.82) is 0 Å². The summed E-state index contributed by atoms with van der Waals surface area (Å²) in [5.41, 5.74) is 0. The zero-order chi connectivity index (χ0) is 7.98. The summed E-state index contributed by atoms with van der Waals surface area (Å²) in [7, 11) is 0. The molecule has 0 heterocycles. The van der Waals surface area contributed by atoms with Crippen LogP contribution >= 0.6 is 0 Å². The van der Waals surface area contributed by atoms with Gasteiger partial charge in [0, 0.05) is 12.5 Å². The van der Waals surface area contributed by atoms with E-state index >= 15 is 0 Å². The molecule has 10 heavy (non-hydrogen) atoms. The molecular weight excluding hydrogens is 138 g/mol. The van der Waals surface area contributed by atoms with Crippen LogP contribution in [0.2, 0.25) is 0 Å². The van der Waals surface area contributed by atoms with E-state index in [1.807, 2.05) is 0 Å². The molecule has 0 rings (SSSR count). The lowest BCUT2D eigenvalue weighted by atomic mass is 10.1. The molecule has 0 saturated heterocycles. The Morgan fingerprint density at radius 3 is 2.30 bits per heavy atom. The highest BCUT2D eigenvalue weighted by molar-refractivity contribution is 4.57. The maximum atomic E-state index is 12.6. The highest BCUT2D eigenvalue weighted by Crippen LogP contribution is 2.13. The summed E-state index contributed by atoms with van der Waals surface area (Å²) in [6.45, 7) is 3.10. The van der Waals surface area contributed by atoms with Gasteiger partial charge in [-0.25, -0.2) is 4.39 Å². The molecule has 0 fully saturated rings. The lowest BCUT2D eigenvalue weighted by Gasteiger charge is -2.15. The third kappa shape index (κ3) is 3.11. The fourth-order valence-electron chi connectivity index (χ4n) is 0.660. The summed E-state index contributed by atoms with van der Waals surface area (Å²) < 4.78 is 29.1. The molecule has 0 aliphatic rings. The predicted molar refractivity (Wildman–Crippen MR) is 36.3 cm³/mol. The molecule has 2 atom stereocenters. The monoisotopic (exact) mass is 152 g/mol. The minimum atomic E-state index is -1.43. The Morgan fingerprint density at radius 1 is 1.40 bits per heavy atom. The van der Waals surface area contributed by atoms with Gasteiger partial charge in [0.15, 0.2) is 0 Å². The first kappa shape index (κ1) is 9.82. The summed E-state index contributed by atoms with van der Waals surface area (Å²) in [6.07, 6.45) is -0.947. The molecule has 62 valence electrons. The van der Waals surface area contributed by atoms with E-state index in [1.165, 1.54) is 0 Å². The molecule has 0 spiro atoms. The molecular formula is C7H14F2O. The minimum Gasteiger partial charge on any atom is -0.348 e. The highest BCUT2D eigenvalue weighted by Gasteiger charge is 2.18. The Balaban J connectivity index is 3.53. The van der Waals surface area contributed by atoms with Gasteiger partial charge >= 0.3 is 0 Å². The summed E-state index contributed by atoms with van der Waals surface area (Å²) in [6, 6.07) is 0. The molecule has 0 N–H and O–H groups in total. The number of hydrogen-bond acceptors (Lipinski definition) is 1. The van der Waals surface area contributed by atoms with Crippen molar-refractivity contribution < 1.29 is 13.5 Å². The zero-order valence-electron chi connectivity index (χ0n) is 6.44. The number of ether oxygens (including phenoxy) is 1. The molecule has 0 aromatic heterocycles. The van der Waals surface area contributed by atoms with Crippen molar-refractivity contribution in [1.82, 2.24) is 0 Å². The Labute approximate surface area is 60.4 Å². The molecule has 2 unspecified atom stereocenters. The van der Waals surface area contributed by atoms with Crippen LogP contribution in [0.3, 0.4) is 0 Å².